The number of benzene rings is 1. The summed E-state index contributed by atoms with van der Waals surface area (Å²) in [6.07, 6.45) is 7.29. The fourth-order valence-electron chi connectivity index (χ4n) is 5.25. The van der Waals surface area contributed by atoms with Gasteiger partial charge in [0, 0.05) is 0 Å². The fraction of sp³-hybridized carbons (Fsp3) is 0.611. The molecule has 1 aromatic carbocycles. The van der Waals surface area contributed by atoms with Crippen molar-refractivity contribution in [2.45, 2.75) is 45.4 Å². The summed E-state index contributed by atoms with van der Waals surface area (Å²) in [5, 5.41) is 0. The van der Waals surface area contributed by atoms with E-state index in [1.807, 2.05) is 31.2 Å². The van der Waals surface area contributed by atoms with E-state index in [-0.39, 0.29) is 11.4 Å². The Morgan fingerprint density at radius 3 is 2.25 bits per heavy atom. The first kappa shape index (κ1) is 12.4. The Bertz CT molecular complexity index is 511. The summed E-state index contributed by atoms with van der Waals surface area (Å²) in [6, 6.07) is 7.84. The lowest BCUT2D eigenvalue weighted by molar-refractivity contribution is -0.161. The van der Waals surface area contributed by atoms with E-state index in [4.69, 9.17) is 4.74 Å². The molecule has 20 heavy (non-hydrogen) atoms. The zero-order chi connectivity index (χ0) is 13.7. The van der Waals surface area contributed by atoms with Crippen LogP contribution in [0, 0.1) is 30.1 Å². The van der Waals surface area contributed by atoms with Gasteiger partial charge in [-0.3, -0.25) is 4.79 Å². The van der Waals surface area contributed by atoms with Gasteiger partial charge in [-0.05, 0) is 80.9 Å². The van der Waals surface area contributed by atoms with Gasteiger partial charge in [0.25, 0.3) is 0 Å². The molecule has 4 bridgehead atoms. The van der Waals surface area contributed by atoms with Crippen LogP contribution in [-0.2, 0) is 4.79 Å². The molecule has 4 aliphatic carbocycles. The minimum absolute atomic E-state index is 0.0437. The largest absolute Gasteiger partial charge is 0.426 e. The zero-order valence-electron chi connectivity index (χ0n) is 12.1. The van der Waals surface area contributed by atoms with Crippen LogP contribution in [0.1, 0.15) is 44.1 Å². The first-order valence-corrected chi connectivity index (χ1v) is 7.92. The number of rotatable bonds is 2. The fourth-order valence-corrected chi connectivity index (χ4v) is 5.25. The van der Waals surface area contributed by atoms with Crippen molar-refractivity contribution in [1.82, 2.24) is 0 Å². The smallest absolute Gasteiger partial charge is 0.317 e. The zero-order valence-corrected chi connectivity index (χ0v) is 12.1. The van der Waals surface area contributed by atoms with Crippen molar-refractivity contribution in [2.24, 2.45) is 23.2 Å². The van der Waals surface area contributed by atoms with Crippen LogP contribution < -0.4 is 4.74 Å². The Hall–Kier alpha value is -1.31. The van der Waals surface area contributed by atoms with Crippen LogP contribution >= 0.6 is 0 Å². The Morgan fingerprint density at radius 2 is 1.70 bits per heavy atom. The SMILES string of the molecule is Cc1cccc(OC(=O)C23CC4CC(CC(C4)C2)C3)c1. The Kier molecular flexibility index (Phi) is 2.70. The Labute approximate surface area is 120 Å². The summed E-state index contributed by atoms with van der Waals surface area (Å²) < 4.78 is 5.74. The van der Waals surface area contributed by atoms with E-state index in [1.165, 1.54) is 19.3 Å². The van der Waals surface area contributed by atoms with Gasteiger partial charge >= 0.3 is 5.97 Å². The van der Waals surface area contributed by atoms with E-state index >= 15 is 0 Å². The molecule has 106 valence electrons. The van der Waals surface area contributed by atoms with Crippen molar-refractivity contribution in [3.63, 3.8) is 0 Å². The quantitative estimate of drug-likeness (QED) is 0.597. The molecule has 0 amide bonds. The number of hydrogen-bond acceptors (Lipinski definition) is 2. The summed E-state index contributed by atoms with van der Waals surface area (Å²) in [7, 11) is 0. The third kappa shape index (κ3) is 1.97. The second-order valence-corrected chi connectivity index (χ2v) is 7.40. The highest BCUT2D eigenvalue weighted by atomic mass is 16.5. The van der Waals surface area contributed by atoms with E-state index in [0.717, 1.165) is 42.6 Å². The molecule has 4 aliphatic rings. The monoisotopic (exact) mass is 270 g/mol. The molecule has 0 spiro atoms. The van der Waals surface area contributed by atoms with Gasteiger partial charge in [0.05, 0.1) is 5.41 Å². The van der Waals surface area contributed by atoms with E-state index in [2.05, 4.69) is 0 Å². The molecule has 0 atom stereocenters. The lowest BCUT2D eigenvalue weighted by Crippen LogP contribution is -2.51. The van der Waals surface area contributed by atoms with Crippen LogP contribution in [0.15, 0.2) is 24.3 Å². The third-order valence-electron chi connectivity index (χ3n) is 5.67. The van der Waals surface area contributed by atoms with Gasteiger partial charge in [-0.15, -0.1) is 0 Å². The third-order valence-corrected chi connectivity index (χ3v) is 5.67. The molecule has 0 aliphatic heterocycles. The summed E-state index contributed by atoms with van der Waals surface area (Å²) in [5.41, 5.74) is 0.985. The second-order valence-electron chi connectivity index (χ2n) is 7.40. The molecule has 2 nitrogen and oxygen atoms in total. The molecule has 4 saturated carbocycles. The summed E-state index contributed by atoms with van der Waals surface area (Å²) >= 11 is 0. The average molecular weight is 270 g/mol. The van der Waals surface area contributed by atoms with Gasteiger partial charge in [-0.25, -0.2) is 0 Å². The van der Waals surface area contributed by atoms with Crippen LogP contribution in [0.25, 0.3) is 0 Å². The van der Waals surface area contributed by atoms with Gasteiger partial charge < -0.3 is 4.74 Å². The summed E-state index contributed by atoms with van der Waals surface area (Å²) in [5.74, 6) is 3.11. The van der Waals surface area contributed by atoms with Crippen molar-refractivity contribution in [3.8, 4) is 5.75 Å². The van der Waals surface area contributed by atoms with E-state index in [0.29, 0.717) is 5.75 Å². The Morgan fingerprint density at radius 1 is 1.10 bits per heavy atom. The number of hydrogen-bond donors (Lipinski definition) is 0. The van der Waals surface area contributed by atoms with Crippen LogP contribution in [0.2, 0.25) is 0 Å². The molecule has 0 saturated heterocycles. The minimum Gasteiger partial charge on any atom is -0.426 e. The number of carbonyl (C=O) groups excluding carboxylic acids is 1. The van der Waals surface area contributed by atoms with Gasteiger partial charge in [-0.2, -0.15) is 0 Å². The minimum atomic E-state index is -0.154. The molecule has 0 N–H and O–H groups in total. The highest BCUT2D eigenvalue weighted by Crippen LogP contribution is 2.60. The topological polar surface area (TPSA) is 26.3 Å². The van der Waals surface area contributed by atoms with Crippen molar-refractivity contribution < 1.29 is 9.53 Å². The molecular weight excluding hydrogens is 248 g/mol. The van der Waals surface area contributed by atoms with Crippen LogP contribution in [0.5, 0.6) is 5.75 Å². The average Bonchev–Trinajstić information content (AvgIpc) is 2.37. The first-order chi connectivity index (χ1) is 9.63. The van der Waals surface area contributed by atoms with Crippen molar-refractivity contribution in [2.75, 3.05) is 0 Å². The molecule has 2 heteroatoms. The molecule has 0 aromatic heterocycles. The van der Waals surface area contributed by atoms with Crippen molar-refractivity contribution in [3.05, 3.63) is 29.8 Å². The summed E-state index contributed by atoms with van der Waals surface area (Å²) in [6.45, 7) is 2.03. The number of aryl methyl sites for hydroxylation is 1. The second kappa shape index (κ2) is 4.34. The Balaban J connectivity index is 1.56. The van der Waals surface area contributed by atoms with Crippen molar-refractivity contribution >= 4 is 5.97 Å². The molecule has 4 fully saturated rings. The molecule has 0 heterocycles. The predicted molar refractivity (Wildman–Crippen MR) is 77.4 cm³/mol. The molecule has 0 unspecified atom stereocenters. The number of ether oxygens (including phenoxy) is 1. The van der Waals surface area contributed by atoms with Gasteiger partial charge in [0.2, 0.25) is 0 Å². The maximum absolute atomic E-state index is 12.8. The molecular formula is C18H22O2. The van der Waals surface area contributed by atoms with Crippen LogP contribution in [0.3, 0.4) is 0 Å². The maximum Gasteiger partial charge on any atom is 0.317 e. The van der Waals surface area contributed by atoms with E-state index in [9.17, 15) is 4.79 Å². The molecule has 0 radical (unpaired) electrons. The maximum atomic E-state index is 12.8. The summed E-state index contributed by atoms with van der Waals surface area (Å²) in [4.78, 5) is 12.8. The molecule has 5 rings (SSSR count). The van der Waals surface area contributed by atoms with Gasteiger partial charge in [0.15, 0.2) is 0 Å². The lowest BCUT2D eigenvalue weighted by atomic mass is 9.49. The predicted octanol–water partition coefficient (Wildman–Crippen LogP) is 4.12. The number of carbonyl (C=O) groups is 1. The number of esters is 1. The van der Waals surface area contributed by atoms with E-state index < -0.39 is 0 Å². The van der Waals surface area contributed by atoms with Crippen molar-refractivity contribution in [1.29, 1.82) is 0 Å². The van der Waals surface area contributed by atoms with E-state index in [1.54, 1.807) is 0 Å². The first-order valence-electron chi connectivity index (χ1n) is 7.92. The standard InChI is InChI=1S/C18H22O2/c1-12-3-2-4-16(5-12)20-17(19)18-9-13-6-14(10-18)8-15(7-13)11-18/h2-5,13-15H,6-11H2,1H3. The highest BCUT2D eigenvalue weighted by molar-refractivity contribution is 5.79. The van der Waals surface area contributed by atoms with Gasteiger partial charge in [-0.1, -0.05) is 12.1 Å². The molecule has 1 aromatic rings. The highest BCUT2D eigenvalue weighted by Gasteiger charge is 2.55. The van der Waals surface area contributed by atoms with Crippen LogP contribution in [0.4, 0.5) is 0 Å². The lowest BCUT2D eigenvalue weighted by Gasteiger charge is -2.55. The van der Waals surface area contributed by atoms with Crippen LogP contribution in [-0.4, -0.2) is 5.97 Å². The van der Waals surface area contributed by atoms with Gasteiger partial charge in [0.1, 0.15) is 5.75 Å². The normalized spacial score (nSPS) is 38.0.